The van der Waals surface area contributed by atoms with Crippen molar-refractivity contribution in [2.45, 2.75) is 13.3 Å². The van der Waals surface area contributed by atoms with E-state index in [1.165, 1.54) is 12.0 Å². The number of pyridine rings is 1. The lowest BCUT2D eigenvalue weighted by molar-refractivity contribution is -0.122. The van der Waals surface area contributed by atoms with Gasteiger partial charge >= 0.3 is 5.97 Å². The van der Waals surface area contributed by atoms with Crippen molar-refractivity contribution in [1.82, 2.24) is 4.98 Å². The van der Waals surface area contributed by atoms with Crippen molar-refractivity contribution in [1.29, 1.82) is 0 Å². The highest BCUT2D eigenvalue weighted by atomic mass is 35.5. The molecule has 1 aliphatic heterocycles. The first-order valence-electron chi connectivity index (χ1n) is 13.9. The van der Waals surface area contributed by atoms with E-state index < -0.39 is 12.6 Å². The lowest BCUT2D eigenvalue weighted by atomic mass is 9.78. The van der Waals surface area contributed by atoms with Crippen LogP contribution >= 0.6 is 11.6 Å². The highest BCUT2D eigenvalue weighted by molar-refractivity contribution is 6.35. The van der Waals surface area contributed by atoms with Gasteiger partial charge in [-0.2, -0.15) is 0 Å². The minimum Gasteiger partial charge on any atom is -0.497 e. The van der Waals surface area contributed by atoms with Gasteiger partial charge in [0.25, 0.3) is 0 Å². The highest BCUT2D eigenvalue weighted by Crippen LogP contribution is 2.41. The van der Waals surface area contributed by atoms with Crippen LogP contribution in [0.15, 0.2) is 84.9 Å². The molecule has 0 N–H and O–H groups in total. The van der Waals surface area contributed by atoms with E-state index in [0.717, 1.165) is 0 Å². The van der Waals surface area contributed by atoms with Crippen molar-refractivity contribution < 1.29 is 28.7 Å². The smallest absolute Gasteiger partial charge is 0.339 e. The van der Waals surface area contributed by atoms with Crippen molar-refractivity contribution in [2.75, 3.05) is 18.6 Å². The summed E-state index contributed by atoms with van der Waals surface area (Å²) in [5.74, 6) is -1.54. The predicted molar refractivity (Wildman–Crippen MR) is 162 cm³/mol. The summed E-state index contributed by atoms with van der Waals surface area (Å²) < 4.78 is 10.5. The van der Waals surface area contributed by atoms with Gasteiger partial charge in [-0.1, -0.05) is 54.9 Å². The predicted octanol–water partition coefficient (Wildman–Crippen LogP) is 6.31. The van der Waals surface area contributed by atoms with E-state index >= 15 is 0 Å². The number of ketones is 1. The first kappa shape index (κ1) is 28.3. The van der Waals surface area contributed by atoms with Crippen LogP contribution in [0.5, 0.6) is 5.75 Å². The summed E-state index contributed by atoms with van der Waals surface area (Å²) in [5, 5.41) is 0.825. The van der Waals surface area contributed by atoms with E-state index in [2.05, 4.69) is 0 Å². The number of methoxy groups -OCH3 is 1. The molecule has 3 aromatic carbocycles. The number of anilines is 1. The second-order valence-corrected chi connectivity index (χ2v) is 11.0. The van der Waals surface area contributed by atoms with Crippen LogP contribution in [0.3, 0.4) is 0 Å². The molecule has 3 atom stereocenters. The van der Waals surface area contributed by atoms with Gasteiger partial charge in [0.15, 0.2) is 12.4 Å². The molecule has 1 aromatic heterocycles. The van der Waals surface area contributed by atoms with E-state index in [9.17, 15) is 19.2 Å². The Hall–Kier alpha value is -4.82. The number of ether oxygens (including phenoxy) is 2. The number of amides is 2. The number of allylic oxidation sites excluding steroid dienone is 2. The van der Waals surface area contributed by atoms with Gasteiger partial charge < -0.3 is 9.47 Å². The Labute approximate surface area is 252 Å². The molecular weight excluding hydrogens is 568 g/mol. The third kappa shape index (κ3) is 5.19. The molecule has 0 spiro atoms. The number of halogens is 1. The second-order valence-electron chi connectivity index (χ2n) is 10.6. The number of carbonyl (C=O) groups excluding carboxylic acids is 4. The fourth-order valence-electron chi connectivity index (χ4n) is 5.78. The van der Waals surface area contributed by atoms with Crippen LogP contribution in [-0.4, -0.2) is 42.3 Å². The Morgan fingerprint density at radius 3 is 2.44 bits per heavy atom. The molecule has 9 heteroatoms. The Bertz CT molecular complexity index is 1800. The van der Waals surface area contributed by atoms with Gasteiger partial charge in [-0.05, 0) is 60.9 Å². The van der Waals surface area contributed by atoms with Crippen molar-refractivity contribution >= 4 is 51.8 Å². The monoisotopic (exact) mass is 594 g/mol. The van der Waals surface area contributed by atoms with Crippen LogP contribution in [0.25, 0.3) is 22.2 Å². The number of benzene rings is 3. The lowest BCUT2D eigenvalue weighted by Gasteiger charge is -2.22. The number of esters is 1. The van der Waals surface area contributed by atoms with Gasteiger partial charge in [-0.25, -0.2) is 9.78 Å². The molecule has 2 amide bonds. The highest BCUT2D eigenvalue weighted by Gasteiger charge is 2.50. The zero-order chi connectivity index (χ0) is 30.2. The number of fused-ring (bicyclic) bond motifs is 2. The third-order valence-electron chi connectivity index (χ3n) is 8.05. The van der Waals surface area contributed by atoms with Gasteiger partial charge in [0.2, 0.25) is 11.8 Å². The van der Waals surface area contributed by atoms with Gasteiger partial charge in [-0.15, -0.1) is 0 Å². The van der Waals surface area contributed by atoms with Crippen molar-refractivity contribution in [3.8, 4) is 17.0 Å². The minimum absolute atomic E-state index is 0.00398. The minimum atomic E-state index is -0.701. The molecule has 1 saturated heterocycles. The maximum atomic E-state index is 13.3. The number of hydrogen-bond donors (Lipinski definition) is 0. The van der Waals surface area contributed by atoms with Gasteiger partial charge in [-0.3, -0.25) is 19.3 Å². The molecule has 2 heterocycles. The van der Waals surface area contributed by atoms with Gasteiger partial charge in [0.05, 0.1) is 46.4 Å². The van der Waals surface area contributed by atoms with E-state index in [-0.39, 0.29) is 40.9 Å². The molecule has 0 saturated carbocycles. The van der Waals surface area contributed by atoms with Gasteiger partial charge in [0.1, 0.15) is 5.75 Å². The van der Waals surface area contributed by atoms with Crippen LogP contribution in [0.1, 0.15) is 34.1 Å². The van der Waals surface area contributed by atoms with E-state index in [1.807, 2.05) is 19.1 Å². The number of imide groups is 1. The maximum absolute atomic E-state index is 13.3. The lowest BCUT2D eigenvalue weighted by Crippen LogP contribution is -2.31. The summed E-state index contributed by atoms with van der Waals surface area (Å²) in [6, 6.07) is 20.1. The van der Waals surface area contributed by atoms with Crippen LogP contribution in [0.2, 0.25) is 5.02 Å². The Balaban J connectivity index is 1.27. The molecule has 3 unspecified atom stereocenters. The third-order valence-corrected chi connectivity index (χ3v) is 8.36. The topological polar surface area (TPSA) is 103 Å². The molecule has 0 radical (unpaired) electrons. The van der Waals surface area contributed by atoms with E-state index in [1.54, 1.807) is 72.8 Å². The number of rotatable bonds is 7. The largest absolute Gasteiger partial charge is 0.497 e. The van der Waals surface area contributed by atoms with Crippen LogP contribution in [0, 0.1) is 17.8 Å². The van der Waals surface area contributed by atoms with E-state index in [0.29, 0.717) is 50.6 Å². The number of hydrogen-bond acceptors (Lipinski definition) is 7. The SMILES string of the molecule is COc1ccc(C(=O)COC(=O)c2cc(-c3ccc(N4C(=O)C5CC=CC(C)C5C4=O)cc3)nc3c(Cl)cccc23)cc1. The normalized spacial score (nSPS) is 19.4. The molecule has 1 fully saturated rings. The summed E-state index contributed by atoms with van der Waals surface area (Å²) in [7, 11) is 1.53. The molecule has 4 aromatic rings. The molecule has 8 nitrogen and oxygen atoms in total. The number of nitrogens with zero attached hydrogens (tertiary/aromatic N) is 2. The fraction of sp³-hybridized carbons (Fsp3) is 0.206. The van der Waals surface area contributed by atoms with Gasteiger partial charge in [0, 0.05) is 16.5 Å². The number of Topliss-reactive ketones (excluding diaryl/α,β-unsaturated/α-hetero) is 1. The van der Waals surface area contributed by atoms with Crippen LogP contribution in [0.4, 0.5) is 5.69 Å². The zero-order valence-electron chi connectivity index (χ0n) is 23.5. The quantitative estimate of drug-likeness (QED) is 0.107. The fourth-order valence-corrected chi connectivity index (χ4v) is 6.00. The Morgan fingerprint density at radius 2 is 1.74 bits per heavy atom. The zero-order valence-corrected chi connectivity index (χ0v) is 24.2. The summed E-state index contributed by atoms with van der Waals surface area (Å²) in [4.78, 5) is 58.3. The Kier molecular flexibility index (Phi) is 7.54. The average molecular weight is 595 g/mol. The summed E-state index contributed by atoms with van der Waals surface area (Å²) >= 11 is 6.47. The standard InChI is InChI=1S/C34H27ClN2O6/c1-19-5-3-7-25-30(19)33(40)37(32(25)39)22-13-9-20(10-14-22)28-17-26(24-6-4-8-27(35)31(24)36-28)34(41)43-18-29(38)21-11-15-23(42-2)16-12-21/h3-6,8-17,19,25,30H,7,18H2,1-2H3. The van der Waals surface area contributed by atoms with Crippen LogP contribution in [-0.2, 0) is 14.3 Å². The van der Waals surface area contributed by atoms with E-state index in [4.69, 9.17) is 26.1 Å². The molecule has 43 heavy (non-hydrogen) atoms. The molecule has 1 aliphatic carbocycles. The van der Waals surface area contributed by atoms with Crippen molar-refractivity contribution in [2.24, 2.45) is 17.8 Å². The van der Waals surface area contributed by atoms with Crippen LogP contribution < -0.4 is 9.64 Å². The average Bonchev–Trinajstić information content (AvgIpc) is 3.29. The molecule has 216 valence electrons. The molecule has 6 rings (SSSR count). The summed E-state index contributed by atoms with van der Waals surface area (Å²) in [6.07, 6.45) is 4.52. The number of aromatic nitrogens is 1. The first-order valence-corrected chi connectivity index (χ1v) is 14.2. The summed E-state index contributed by atoms with van der Waals surface area (Å²) in [5.41, 5.74) is 2.54. The maximum Gasteiger partial charge on any atom is 0.339 e. The number of carbonyl (C=O) groups is 4. The molecular formula is C34H27ClN2O6. The number of para-hydroxylation sites is 1. The first-order chi connectivity index (χ1) is 20.8. The molecule has 0 bridgehead atoms. The molecule has 2 aliphatic rings. The van der Waals surface area contributed by atoms with Crippen molar-refractivity contribution in [3.63, 3.8) is 0 Å². The Morgan fingerprint density at radius 1 is 1.00 bits per heavy atom. The second kappa shape index (κ2) is 11.5. The summed E-state index contributed by atoms with van der Waals surface area (Å²) in [6.45, 7) is 1.51. The van der Waals surface area contributed by atoms with Crippen molar-refractivity contribution in [3.05, 3.63) is 101 Å².